The Bertz CT molecular complexity index is 587. The van der Waals surface area contributed by atoms with Crippen LogP contribution in [0, 0.1) is 6.92 Å². The number of aromatic nitrogens is 2. The molecule has 0 radical (unpaired) electrons. The molecule has 0 saturated carbocycles. The molecule has 2 N–H and O–H groups in total. The summed E-state index contributed by atoms with van der Waals surface area (Å²) in [5, 5.41) is 16.6. The molecule has 1 aliphatic rings. The lowest BCUT2D eigenvalue weighted by molar-refractivity contribution is 0.191. The number of hydrogen-bond acceptors (Lipinski definition) is 6. The number of hydrogen-bond donors (Lipinski definition) is 2. The van der Waals surface area contributed by atoms with Crippen LogP contribution < -0.4 is 5.32 Å². The van der Waals surface area contributed by atoms with Crippen molar-refractivity contribution in [2.45, 2.75) is 36.1 Å². The third-order valence-electron chi connectivity index (χ3n) is 3.25. The fourth-order valence-electron chi connectivity index (χ4n) is 2.23. The highest BCUT2D eigenvalue weighted by atomic mass is 32.2. The molecule has 0 spiro atoms. The Hall–Kier alpha value is -1.37. The fourth-order valence-corrected chi connectivity index (χ4v) is 3.08. The van der Waals surface area contributed by atoms with E-state index in [4.69, 9.17) is 4.52 Å². The van der Waals surface area contributed by atoms with Gasteiger partial charge in [-0.2, -0.15) is 4.98 Å². The molecule has 3 rings (SSSR count). The molecular formula is C14H17N3O2S. The van der Waals surface area contributed by atoms with Crippen LogP contribution in [-0.4, -0.2) is 27.9 Å². The second-order valence-corrected chi connectivity index (χ2v) is 6.05. The number of aryl methyl sites for hydroxylation is 1. The summed E-state index contributed by atoms with van der Waals surface area (Å²) >= 11 is 1.69. The lowest BCUT2D eigenvalue weighted by Gasteiger charge is -2.01. The van der Waals surface area contributed by atoms with Gasteiger partial charge in [0, 0.05) is 11.4 Å². The molecule has 0 unspecified atom stereocenters. The maximum absolute atomic E-state index is 9.49. The molecule has 2 atom stereocenters. The number of aliphatic hydroxyl groups excluding tert-OH is 1. The molecule has 0 amide bonds. The first kappa shape index (κ1) is 13.6. The van der Waals surface area contributed by atoms with Gasteiger partial charge >= 0.3 is 0 Å². The summed E-state index contributed by atoms with van der Waals surface area (Å²) in [5.41, 5.74) is 1.24. The van der Waals surface area contributed by atoms with Gasteiger partial charge in [-0.05, 0) is 25.5 Å². The van der Waals surface area contributed by atoms with Crippen LogP contribution in [-0.2, 0) is 5.75 Å². The third-order valence-corrected chi connectivity index (χ3v) is 4.24. The summed E-state index contributed by atoms with van der Waals surface area (Å²) in [6.45, 7) is 2.66. The van der Waals surface area contributed by atoms with Crippen LogP contribution in [0.15, 0.2) is 33.7 Å². The van der Waals surface area contributed by atoms with Crippen LogP contribution in [0.5, 0.6) is 0 Å². The van der Waals surface area contributed by atoms with Gasteiger partial charge in [-0.3, -0.25) is 0 Å². The number of thioether (sulfide) groups is 1. The number of β-amino-alcohol motifs (C(OH)–C–C–N with tert-alkyl or cyclic N) is 1. The average Bonchev–Trinajstić information content (AvgIpc) is 3.05. The second kappa shape index (κ2) is 5.95. The molecule has 1 aromatic carbocycles. The number of nitrogens with zero attached hydrogens (tertiary/aromatic N) is 2. The van der Waals surface area contributed by atoms with Crippen molar-refractivity contribution in [3.8, 4) is 0 Å². The standard InChI is InChI=1S/C14H17N3O2S/c1-9-3-2-4-11(5-9)20-8-13-16-14(19-17-13)12-6-10(18)7-15-12/h2-5,10,12,15,18H,6-8H2,1H3/t10-,12+/m0/s1. The maximum Gasteiger partial charge on any atom is 0.243 e. The molecule has 0 aliphatic carbocycles. The minimum Gasteiger partial charge on any atom is -0.392 e. The molecule has 0 bridgehead atoms. The number of rotatable bonds is 4. The van der Waals surface area contributed by atoms with Crippen LogP contribution in [0.3, 0.4) is 0 Å². The summed E-state index contributed by atoms with van der Waals surface area (Å²) in [4.78, 5) is 5.59. The predicted octanol–water partition coefficient (Wildman–Crippen LogP) is 2.07. The molecule has 1 aliphatic heterocycles. The molecule has 5 nitrogen and oxygen atoms in total. The summed E-state index contributed by atoms with van der Waals surface area (Å²) in [6.07, 6.45) is 0.309. The Morgan fingerprint density at radius 3 is 3.15 bits per heavy atom. The highest BCUT2D eigenvalue weighted by Gasteiger charge is 2.27. The van der Waals surface area contributed by atoms with Gasteiger partial charge in [0.2, 0.25) is 5.89 Å². The molecular weight excluding hydrogens is 274 g/mol. The molecule has 6 heteroatoms. The smallest absolute Gasteiger partial charge is 0.243 e. The van der Waals surface area contributed by atoms with Crippen molar-refractivity contribution in [2.75, 3.05) is 6.54 Å². The minimum absolute atomic E-state index is 0.0183. The van der Waals surface area contributed by atoms with Crippen LogP contribution in [0.25, 0.3) is 0 Å². The average molecular weight is 291 g/mol. The van der Waals surface area contributed by atoms with Gasteiger partial charge in [-0.25, -0.2) is 0 Å². The molecule has 1 saturated heterocycles. The van der Waals surface area contributed by atoms with E-state index in [1.165, 1.54) is 10.5 Å². The Morgan fingerprint density at radius 2 is 2.40 bits per heavy atom. The van der Waals surface area contributed by atoms with Crippen LogP contribution in [0.1, 0.15) is 29.7 Å². The summed E-state index contributed by atoms with van der Waals surface area (Å²) in [7, 11) is 0. The van der Waals surface area contributed by atoms with Crippen LogP contribution in [0.4, 0.5) is 0 Å². The summed E-state index contributed by atoms with van der Waals surface area (Å²) < 4.78 is 5.26. The van der Waals surface area contributed by atoms with Crippen molar-refractivity contribution in [3.63, 3.8) is 0 Å². The van der Waals surface area contributed by atoms with Gasteiger partial charge < -0.3 is 14.9 Å². The molecule has 1 aromatic heterocycles. The van der Waals surface area contributed by atoms with E-state index < -0.39 is 0 Å². The fraction of sp³-hybridized carbons (Fsp3) is 0.429. The maximum atomic E-state index is 9.49. The van der Waals surface area contributed by atoms with Crippen LogP contribution in [0.2, 0.25) is 0 Å². The zero-order chi connectivity index (χ0) is 13.9. The van der Waals surface area contributed by atoms with Crippen molar-refractivity contribution in [3.05, 3.63) is 41.5 Å². The van der Waals surface area contributed by atoms with Crippen molar-refractivity contribution >= 4 is 11.8 Å². The monoisotopic (exact) mass is 291 g/mol. The van der Waals surface area contributed by atoms with Gasteiger partial charge in [-0.15, -0.1) is 11.8 Å². The first-order valence-corrected chi connectivity index (χ1v) is 7.62. The van der Waals surface area contributed by atoms with Crippen molar-refractivity contribution in [1.82, 2.24) is 15.5 Å². The van der Waals surface area contributed by atoms with E-state index in [1.807, 2.05) is 6.07 Å². The highest BCUT2D eigenvalue weighted by molar-refractivity contribution is 7.98. The van der Waals surface area contributed by atoms with E-state index in [0.717, 1.165) is 0 Å². The Morgan fingerprint density at radius 1 is 1.50 bits per heavy atom. The van der Waals surface area contributed by atoms with E-state index in [-0.39, 0.29) is 12.1 Å². The van der Waals surface area contributed by atoms with Gasteiger partial charge in [0.1, 0.15) is 0 Å². The SMILES string of the molecule is Cc1cccc(SCc2noc([C@H]3C[C@H](O)CN3)n2)c1. The topological polar surface area (TPSA) is 71.2 Å². The first-order chi connectivity index (χ1) is 9.70. The van der Waals surface area contributed by atoms with E-state index >= 15 is 0 Å². The van der Waals surface area contributed by atoms with E-state index in [1.54, 1.807) is 11.8 Å². The third kappa shape index (κ3) is 3.20. The van der Waals surface area contributed by atoms with Crippen molar-refractivity contribution < 1.29 is 9.63 Å². The van der Waals surface area contributed by atoms with Crippen molar-refractivity contribution in [1.29, 1.82) is 0 Å². The molecule has 20 heavy (non-hydrogen) atoms. The van der Waals surface area contributed by atoms with E-state index in [2.05, 4.69) is 40.6 Å². The molecule has 2 aromatic rings. The first-order valence-electron chi connectivity index (χ1n) is 6.64. The summed E-state index contributed by atoms with van der Waals surface area (Å²) in [6, 6.07) is 8.32. The second-order valence-electron chi connectivity index (χ2n) is 5.00. The highest BCUT2D eigenvalue weighted by Crippen LogP contribution is 2.25. The normalized spacial score (nSPS) is 22.3. The Kier molecular flexibility index (Phi) is 4.05. The van der Waals surface area contributed by atoms with Gasteiger partial charge in [-0.1, -0.05) is 22.9 Å². The van der Waals surface area contributed by atoms with Gasteiger partial charge in [0.25, 0.3) is 0 Å². The van der Waals surface area contributed by atoms with E-state index in [0.29, 0.717) is 30.4 Å². The molecule has 106 valence electrons. The number of nitrogens with one attached hydrogen (secondary N) is 1. The van der Waals surface area contributed by atoms with Gasteiger partial charge in [0.05, 0.1) is 17.9 Å². The minimum atomic E-state index is -0.322. The zero-order valence-corrected chi connectivity index (χ0v) is 12.1. The molecule has 1 fully saturated rings. The lowest BCUT2D eigenvalue weighted by atomic mass is 10.2. The Labute approximate surface area is 121 Å². The number of benzene rings is 1. The molecule has 2 heterocycles. The van der Waals surface area contributed by atoms with E-state index in [9.17, 15) is 5.11 Å². The van der Waals surface area contributed by atoms with Crippen LogP contribution >= 0.6 is 11.8 Å². The van der Waals surface area contributed by atoms with Gasteiger partial charge in [0.15, 0.2) is 5.82 Å². The Balaban J connectivity index is 1.60. The number of aliphatic hydroxyl groups is 1. The lowest BCUT2D eigenvalue weighted by Crippen LogP contribution is -2.15. The summed E-state index contributed by atoms with van der Waals surface area (Å²) in [5.74, 6) is 1.94. The zero-order valence-electron chi connectivity index (χ0n) is 11.2. The largest absolute Gasteiger partial charge is 0.392 e. The predicted molar refractivity (Wildman–Crippen MR) is 76.4 cm³/mol. The quantitative estimate of drug-likeness (QED) is 0.840. The van der Waals surface area contributed by atoms with Crippen molar-refractivity contribution in [2.24, 2.45) is 0 Å².